The summed E-state index contributed by atoms with van der Waals surface area (Å²) < 4.78 is 27.0. The van der Waals surface area contributed by atoms with E-state index in [2.05, 4.69) is 4.98 Å². The van der Waals surface area contributed by atoms with Gasteiger partial charge in [0.25, 0.3) is 5.91 Å². The number of pyridine rings is 1. The van der Waals surface area contributed by atoms with E-state index in [1.807, 2.05) is 72.5 Å². The molecule has 1 aliphatic heterocycles. The Hall–Kier alpha value is -2.77. The van der Waals surface area contributed by atoms with Gasteiger partial charge in [-0.2, -0.15) is 0 Å². The number of benzene rings is 2. The van der Waals surface area contributed by atoms with E-state index < -0.39 is 14.8 Å². The molecule has 0 spiro atoms. The maximum atomic E-state index is 13.7. The van der Waals surface area contributed by atoms with Crippen molar-refractivity contribution in [3.05, 3.63) is 78.1 Å². The normalized spacial score (nSPS) is 18.8. The fourth-order valence-corrected chi connectivity index (χ4v) is 6.57. The highest BCUT2D eigenvalue weighted by Gasteiger charge is 2.53. The van der Waals surface area contributed by atoms with E-state index in [4.69, 9.17) is 0 Å². The molecule has 172 valence electrons. The first-order valence-corrected chi connectivity index (χ1v) is 13.0. The van der Waals surface area contributed by atoms with Crippen LogP contribution in [0.2, 0.25) is 0 Å². The summed E-state index contributed by atoms with van der Waals surface area (Å²) in [6.45, 7) is 3.22. The molecule has 0 atom stereocenters. The van der Waals surface area contributed by atoms with Gasteiger partial charge in [-0.05, 0) is 49.6 Å². The topological polar surface area (TPSA) is 70.6 Å². The third-order valence-corrected chi connectivity index (χ3v) is 9.79. The second-order valence-electron chi connectivity index (χ2n) is 9.42. The lowest BCUT2D eigenvalue weighted by molar-refractivity contribution is 0.0590. The zero-order valence-corrected chi connectivity index (χ0v) is 19.7. The molecule has 0 radical (unpaired) electrons. The summed E-state index contributed by atoms with van der Waals surface area (Å²) >= 11 is 0. The van der Waals surface area contributed by atoms with Crippen LogP contribution in [0.15, 0.2) is 66.9 Å². The predicted octanol–water partition coefficient (Wildman–Crippen LogP) is 4.22. The van der Waals surface area contributed by atoms with Crippen LogP contribution in [-0.2, 0) is 16.6 Å². The molecule has 7 heteroatoms. The van der Waals surface area contributed by atoms with Gasteiger partial charge in [0.05, 0.1) is 4.75 Å². The molecule has 5 rings (SSSR count). The fraction of sp³-hybridized carbons (Fsp3) is 0.385. The lowest BCUT2D eigenvalue weighted by atomic mass is 10.0. The van der Waals surface area contributed by atoms with Gasteiger partial charge in [0.2, 0.25) is 10.0 Å². The summed E-state index contributed by atoms with van der Waals surface area (Å²) in [4.78, 5) is 20.0. The third kappa shape index (κ3) is 4.27. The van der Waals surface area contributed by atoms with Crippen molar-refractivity contribution in [2.45, 2.75) is 49.9 Å². The van der Waals surface area contributed by atoms with Crippen LogP contribution in [0.3, 0.4) is 0 Å². The first-order valence-electron chi connectivity index (χ1n) is 11.6. The average Bonchev–Trinajstić information content (AvgIpc) is 3.62. The molecule has 6 nitrogen and oxygen atoms in total. The summed E-state index contributed by atoms with van der Waals surface area (Å²) in [7, 11) is -3.28. The molecule has 2 heterocycles. The number of rotatable bonds is 6. The molecule has 0 N–H and O–H groups in total. The van der Waals surface area contributed by atoms with E-state index >= 15 is 0 Å². The van der Waals surface area contributed by atoms with Gasteiger partial charge in [-0.1, -0.05) is 54.6 Å². The summed E-state index contributed by atoms with van der Waals surface area (Å²) in [5.74, 6) is -0.111. The lowest BCUT2D eigenvalue weighted by Gasteiger charge is -2.39. The minimum absolute atomic E-state index is 0.0376. The molecule has 2 fully saturated rings. The highest BCUT2D eigenvalue weighted by atomic mass is 32.2. The number of nitrogens with zero attached hydrogens (tertiary/aromatic N) is 3. The van der Waals surface area contributed by atoms with E-state index in [0.717, 1.165) is 29.2 Å². The van der Waals surface area contributed by atoms with E-state index in [9.17, 15) is 13.2 Å². The Bertz CT molecular complexity index is 1260. The van der Waals surface area contributed by atoms with Crippen LogP contribution in [0, 0.1) is 0 Å². The molecule has 1 aliphatic carbocycles. The van der Waals surface area contributed by atoms with Crippen LogP contribution in [0.1, 0.15) is 48.7 Å². The Morgan fingerprint density at radius 2 is 1.67 bits per heavy atom. The zero-order valence-electron chi connectivity index (χ0n) is 18.9. The minimum Gasteiger partial charge on any atom is -0.330 e. The average molecular weight is 464 g/mol. The molecular weight excluding hydrogens is 434 g/mol. The number of sulfonamides is 1. The second kappa shape index (κ2) is 8.54. The number of carbonyl (C=O) groups is 1. The lowest BCUT2D eigenvalue weighted by Crippen LogP contribution is -2.50. The Kier molecular flexibility index (Phi) is 5.70. The first-order chi connectivity index (χ1) is 15.9. The molecule has 33 heavy (non-hydrogen) atoms. The van der Waals surface area contributed by atoms with Gasteiger partial charge in [0, 0.05) is 37.3 Å². The molecule has 2 aliphatic rings. The van der Waals surface area contributed by atoms with Gasteiger partial charge in [0.15, 0.2) is 0 Å². The molecular formula is C26H29N3O3S. The third-order valence-electron chi connectivity index (χ3n) is 7.09. The van der Waals surface area contributed by atoms with Crippen molar-refractivity contribution < 1.29 is 13.2 Å². The summed E-state index contributed by atoms with van der Waals surface area (Å²) in [6.07, 6.45) is 4.47. The maximum Gasteiger partial charge on any atom is 0.273 e. The number of carbonyl (C=O) groups excluding carboxylic acids is 1. The predicted molar refractivity (Wildman–Crippen MR) is 129 cm³/mol. The van der Waals surface area contributed by atoms with Crippen molar-refractivity contribution in [1.29, 1.82) is 0 Å². The van der Waals surface area contributed by atoms with Gasteiger partial charge in [-0.25, -0.2) is 12.7 Å². The Balaban J connectivity index is 1.39. The highest BCUT2D eigenvalue weighted by molar-refractivity contribution is 7.90. The largest absolute Gasteiger partial charge is 0.330 e. The van der Waals surface area contributed by atoms with Gasteiger partial charge in [-0.15, -0.1) is 0 Å². The summed E-state index contributed by atoms with van der Waals surface area (Å²) in [5.41, 5.74) is 1.47. The molecule has 1 aromatic heterocycles. The SMILES string of the molecule is CC1(S(=O)(=O)N2CCC(N(Cc3ccccc3)C(=O)c3cc4ccccc4cn3)CC2)CC1. The number of hydrogen-bond acceptors (Lipinski definition) is 4. The summed E-state index contributed by atoms with van der Waals surface area (Å²) in [5, 5.41) is 1.98. The van der Waals surface area contributed by atoms with Crippen molar-refractivity contribution in [2.75, 3.05) is 13.1 Å². The standard InChI is InChI=1S/C26H29N3O3S/c1-26(13-14-26)33(31,32)28-15-11-23(12-16-28)29(19-20-7-3-2-4-8-20)25(30)24-17-21-9-5-6-10-22(21)18-27-24/h2-10,17-18,23H,11-16,19H2,1H3. The quantitative estimate of drug-likeness (QED) is 0.549. The van der Waals surface area contributed by atoms with Gasteiger partial charge < -0.3 is 4.90 Å². The highest BCUT2D eigenvalue weighted by Crippen LogP contribution is 2.45. The molecule has 2 aromatic carbocycles. The van der Waals surface area contributed by atoms with Crippen molar-refractivity contribution in [1.82, 2.24) is 14.2 Å². The van der Waals surface area contributed by atoms with Crippen molar-refractivity contribution in [3.8, 4) is 0 Å². The molecule has 1 saturated heterocycles. The molecule has 1 amide bonds. The van der Waals surface area contributed by atoms with E-state index in [1.165, 1.54) is 0 Å². The van der Waals surface area contributed by atoms with Crippen LogP contribution in [0.4, 0.5) is 0 Å². The second-order valence-corrected chi connectivity index (χ2v) is 11.9. The minimum atomic E-state index is -3.28. The molecule has 0 unspecified atom stereocenters. The van der Waals surface area contributed by atoms with E-state index in [1.54, 1.807) is 10.5 Å². The van der Waals surface area contributed by atoms with Crippen molar-refractivity contribution >= 4 is 26.7 Å². The van der Waals surface area contributed by atoms with Crippen LogP contribution in [0.25, 0.3) is 10.8 Å². The Labute approximate surface area is 195 Å². The zero-order chi connectivity index (χ0) is 23.1. The Morgan fingerprint density at radius 1 is 1.03 bits per heavy atom. The number of piperidine rings is 1. The van der Waals surface area contributed by atoms with E-state index in [0.29, 0.717) is 38.2 Å². The van der Waals surface area contributed by atoms with E-state index in [-0.39, 0.29) is 11.9 Å². The van der Waals surface area contributed by atoms with Gasteiger partial charge in [0.1, 0.15) is 5.69 Å². The van der Waals surface area contributed by atoms with Crippen LogP contribution >= 0.6 is 0 Å². The maximum absolute atomic E-state index is 13.7. The number of amides is 1. The van der Waals surface area contributed by atoms with Crippen molar-refractivity contribution in [2.24, 2.45) is 0 Å². The number of hydrogen-bond donors (Lipinski definition) is 0. The molecule has 3 aromatic rings. The number of aromatic nitrogens is 1. The number of fused-ring (bicyclic) bond motifs is 1. The van der Waals surface area contributed by atoms with Crippen LogP contribution < -0.4 is 0 Å². The fourth-order valence-electron chi connectivity index (χ4n) is 4.63. The van der Waals surface area contributed by atoms with Gasteiger partial charge >= 0.3 is 0 Å². The van der Waals surface area contributed by atoms with Crippen molar-refractivity contribution in [3.63, 3.8) is 0 Å². The van der Waals surface area contributed by atoms with Crippen LogP contribution in [0.5, 0.6) is 0 Å². The summed E-state index contributed by atoms with van der Waals surface area (Å²) in [6, 6.07) is 19.6. The molecule has 0 bridgehead atoms. The molecule has 1 saturated carbocycles. The van der Waals surface area contributed by atoms with Gasteiger partial charge in [-0.3, -0.25) is 9.78 Å². The first kappa shape index (κ1) is 22.0. The smallest absolute Gasteiger partial charge is 0.273 e. The monoisotopic (exact) mass is 463 g/mol. The van der Waals surface area contributed by atoms with Crippen LogP contribution in [-0.4, -0.2) is 52.4 Å². The Morgan fingerprint density at radius 3 is 2.33 bits per heavy atom.